The number of hydrogen-bond donors (Lipinski definition) is 0. The number of aromatic nitrogens is 2. The molecule has 1 aromatic rings. The summed E-state index contributed by atoms with van der Waals surface area (Å²) in [6.45, 7) is 7.46. The molecule has 1 saturated heterocycles. The molecular weight excluding hydrogens is 268 g/mol. The van der Waals surface area contributed by atoms with E-state index in [1.165, 1.54) is 0 Å². The van der Waals surface area contributed by atoms with Gasteiger partial charge in [0.2, 0.25) is 11.1 Å². The minimum Gasteiger partial charge on any atom is -0.350 e. The third kappa shape index (κ3) is 2.78. The molecule has 0 bridgehead atoms. The summed E-state index contributed by atoms with van der Waals surface area (Å²) in [5.41, 5.74) is 0.275. The first kappa shape index (κ1) is 14.0. The molecule has 0 radical (unpaired) electrons. The lowest BCUT2D eigenvalue weighted by Crippen LogP contribution is -2.39. The molecule has 0 N–H and O–H groups in total. The van der Waals surface area contributed by atoms with Crippen LogP contribution in [0.5, 0.6) is 0 Å². The van der Waals surface area contributed by atoms with E-state index < -0.39 is 4.92 Å². The van der Waals surface area contributed by atoms with E-state index in [1.807, 2.05) is 4.90 Å². The third-order valence-electron chi connectivity index (χ3n) is 3.83. The van der Waals surface area contributed by atoms with Crippen LogP contribution in [0.15, 0.2) is 0 Å². The number of aryl methyl sites for hydroxylation is 1. The molecule has 2 heterocycles. The molecule has 0 aromatic carbocycles. The van der Waals surface area contributed by atoms with Gasteiger partial charge < -0.3 is 4.90 Å². The standard InChI is InChI=1S/C12H17ClN4O2/c1-7-4-5-16(6-8(7)2)11-10(17(18)19)9(3)14-12(13)15-11/h7-8H,4-6H2,1-3H3. The van der Waals surface area contributed by atoms with Crippen molar-refractivity contribution in [2.24, 2.45) is 11.8 Å². The quantitative estimate of drug-likeness (QED) is 0.474. The van der Waals surface area contributed by atoms with Gasteiger partial charge in [0.05, 0.1) is 4.92 Å². The molecule has 0 amide bonds. The first-order valence-electron chi connectivity index (χ1n) is 6.33. The Hall–Kier alpha value is -1.43. The zero-order valence-corrected chi connectivity index (χ0v) is 12.0. The van der Waals surface area contributed by atoms with Crippen molar-refractivity contribution in [2.45, 2.75) is 27.2 Å². The summed E-state index contributed by atoms with van der Waals surface area (Å²) in [4.78, 5) is 20.7. The topological polar surface area (TPSA) is 72.2 Å². The summed E-state index contributed by atoms with van der Waals surface area (Å²) in [5, 5.41) is 11.3. The van der Waals surface area contributed by atoms with Crippen LogP contribution in [0, 0.1) is 28.9 Å². The van der Waals surface area contributed by atoms with E-state index in [0.717, 1.165) is 19.5 Å². The number of nitrogens with zero attached hydrogens (tertiary/aromatic N) is 4. The van der Waals surface area contributed by atoms with Gasteiger partial charge >= 0.3 is 5.69 Å². The zero-order chi connectivity index (χ0) is 14.2. The van der Waals surface area contributed by atoms with Crippen LogP contribution in [0.4, 0.5) is 11.5 Å². The van der Waals surface area contributed by atoms with Crippen molar-refractivity contribution in [2.75, 3.05) is 18.0 Å². The van der Waals surface area contributed by atoms with Gasteiger partial charge in [0.15, 0.2) is 0 Å². The Bertz CT molecular complexity index is 509. The van der Waals surface area contributed by atoms with Crippen molar-refractivity contribution in [3.8, 4) is 0 Å². The van der Waals surface area contributed by atoms with Crippen LogP contribution < -0.4 is 4.90 Å². The smallest absolute Gasteiger partial charge is 0.332 e. The fraction of sp³-hybridized carbons (Fsp3) is 0.667. The number of rotatable bonds is 2. The molecule has 2 atom stereocenters. The number of anilines is 1. The molecule has 7 heteroatoms. The highest BCUT2D eigenvalue weighted by atomic mass is 35.5. The van der Waals surface area contributed by atoms with E-state index in [-0.39, 0.29) is 11.0 Å². The zero-order valence-electron chi connectivity index (χ0n) is 11.3. The van der Waals surface area contributed by atoms with E-state index in [0.29, 0.717) is 23.3 Å². The summed E-state index contributed by atoms with van der Waals surface area (Å²) in [5.74, 6) is 1.44. The van der Waals surface area contributed by atoms with Crippen LogP contribution in [0.1, 0.15) is 26.0 Å². The van der Waals surface area contributed by atoms with Crippen LogP contribution >= 0.6 is 11.6 Å². The summed E-state index contributed by atoms with van der Waals surface area (Å²) >= 11 is 5.84. The summed E-state index contributed by atoms with van der Waals surface area (Å²) in [6, 6.07) is 0. The minimum atomic E-state index is -0.427. The Morgan fingerprint density at radius 1 is 1.37 bits per heavy atom. The Morgan fingerprint density at radius 3 is 2.63 bits per heavy atom. The Morgan fingerprint density at radius 2 is 2.05 bits per heavy atom. The average molecular weight is 285 g/mol. The average Bonchev–Trinajstić information content (AvgIpc) is 2.31. The second kappa shape index (κ2) is 5.28. The molecule has 2 unspecified atom stereocenters. The molecule has 1 fully saturated rings. The lowest BCUT2D eigenvalue weighted by molar-refractivity contribution is -0.385. The van der Waals surface area contributed by atoms with Crippen LogP contribution in [0.2, 0.25) is 5.28 Å². The largest absolute Gasteiger partial charge is 0.350 e. The molecule has 2 rings (SSSR count). The van der Waals surface area contributed by atoms with Gasteiger partial charge in [-0.15, -0.1) is 0 Å². The number of halogens is 1. The van der Waals surface area contributed by atoms with Gasteiger partial charge in [-0.2, -0.15) is 4.98 Å². The van der Waals surface area contributed by atoms with Gasteiger partial charge in [-0.1, -0.05) is 13.8 Å². The van der Waals surface area contributed by atoms with Crippen molar-refractivity contribution in [3.63, 3.8) is 0 Å². The van der Waals surface area contributed by atoms with Gasteiger partial charge in [0, 0.05) is 13.1 Å². The van der Waals surface area contributed by atoms with Gasteiger partial charge in [0.25, 0.3) is 0 Å². The van der Waals surface area contributed by atoms with Crippen molar-refractivity contribution in [1.82, 2.24) is 9.97 Å². The van der Waals surface area contributed by atoms with E-state index in [2.05, 4.69) is 23.8 Å². The Labute approximate surface area is 117 Å². The van der Waals surface area contributed by atoms with Gasteiger partial charge in [0.1, 0.15) is 5.69 Å². The predicted octanol–water partition coefficient (Wildman–Crippen LogP) is 2.83. The highest BCUT2D eigenvalue weighted by Crippen LogP contribution is 2.33. The SMILES string of the molecule is Cc1nc(Cl)nc(N2CCC(C)C(C)C2)c1[N+](=O)[O-]. The second-order valence-electron chi connectivity index (χ2n) is 5.20. The fourth-order valence-electron chi connectivity index (χ4n) is 2.41. The van der Waals surface area contributed by atoms with Crippen molar-refractivity contribution in [1.29, 1.82) is 0 Å². The van der Waals surface area contributed by atoms with Gasteiger partial charge in [-0.05, 0) is 36.8 Å². The van der Waals surface area contributed by atoms with Crippen molar-refractivity contribution >= 4 is 23.1 Å². The minimum absolute atomic E-state index is 0.0360. The Balaban J connectivity index is 2.41. The summed E-state index contributed by atoms with van der Waals surface area (Å²) in [6.07, 6.45) is 0.999. The van der Waals surface area contributed by atoms with Crippen molar-refractivity contribution in [3.05, 3.63) is 21.1 Å². The molecule has 19 heavy (non-hydrogen) atoms. The molecule has 104 valence electrons. The number of hydrogen-bond acceptors (Lipinski definition) is 5. The maximum absolute atomic E-state index is 11.2. The van der Waals surface area contributed by atoms with Crippen LogP contribution in [0.25, 0.3) is 0 Å². The molecule has 6 nitrogen and oxygen atoms in total. The van der Waals surface area contributed by atoms with Gasteiger partial charge in [-0.25, -0.2) is 4.98 Å². The summed E-state index contributed by atoms with van der Waals surface area (Å²) in [7, 11) is 0. The highest BCUT2D eigenvalue weighted by molar-refractivity contribution is 6.28. The fourth-order valence-corrected chi connectivity index (χ4v) is 2.61. The van der Waals surface area contributed by atoms with Crippen molar-refractivity contribution < 1.29 is 4.92 Å². The first-order chi connectivity index (χ1) is 8.90. The van der Waals surface area contributed by atoms with Crippen LogP contribution in [-0.4, -0.2) is 28.0 Å². The molecular formula is C12H17ClN4O2. The monoisotopic (exact) mass is 284 g/mol. The van der Waals surface area contributed by atoms with E-state index in [9.17, 15) is 10.1 Å². The van der Waals surface area contributed by atoms with Crippen LogP contribution in [0.3, 0.4) is 0 Å². The second-order valence-corrected chi connectivity index (χ2v) is 5.53. The number of piperidine rings is 1. The van der Waals surface area contributed by atoms with Crippen LogP contribution in [-0.2, 0) is 0 Å². The highest BCUT2D eigenvalue weighted by Gasteiger charge is 2.30. The van der Waals surface area contributed by atoms with E-state index in [4.69, 9.17) is 11.6 Å². The first-order valence-corrected chi connectivity index (χ1v) is 6.71. The molecule has 1 aliphatic heterocycles. The summed E-state index contributed by atoms with van der Waals surface area (Å²) < 4.78 is 0. The third-order valence-corrected chi connectivity index (χ3v) is 4.00. The molecule has 1 aromatic heterocycles. The van der Waals surface area contributed by atoms with E-state index in [1.54, 1.807) is 6.92 Å². The molecule has 0 aliphatic carbocycles. The molecule has 0 spiro atoms. The molecule has 0 saturated carbocycles. The number of nitro groups is 1. The normalized spacial score (nSPS) is 23.5. The maximum atomic E-state index is 11.2. The van der Waals surface area contributed by atoms with Gasteiger partial charge in [-0.3, -0.25) is 10.1 Å². The van der Waals surface area contributed by atoms with E-state index >= 15 is 0 Å². The lowest BCUT2D eigenvalue weighted by Gasteiger charge is -2.35. The lowest BCUT2D eigenvalue weighted by atomic mass is 9.88. The maximum Gasteiger partial charge on any atom is 0.332 e. The predicted molar refractivity (Wildman–Crippen MR) is 73.6 cm³/mol. The molecule has 1 aliphatic rings. The Kier molecular flexibility index (Phi) is 3.89.